The predicted octanol–water partition coefficient (Wildman–Crippen LogP) is 3.69. The smallest absolute Gasteiger partial charge is 0.125 e. The maximum Gasteiger partial charge on any atom is 0.125 e. The Morgan fingerprint density at radius 3 is 3.05 bits per heavy atom. The molecule has 2 aliphatic carbocycles. The molecule has 0 saturated heterocycles. The number of aromatic nitrogens is 2. The van der Waals surface area contributed by atoms with Gasteiger partial charge in [0.05, 0.1) is 5.69 Å². The lowest BCUT2D eigenvalue weighted by Gasteiger charge is -2.21. The highest BCUT2D eigenvalue weighted by Crippen LogP contribution is 2.38. The summed E-state index contributed by atoms with van der Waals surface area (Å²) in [6, 6.07) is 2.86. The fraction of sp³-hybridized carbons (Fsp3) is 0.529. The van der Waals surface area contributed by atoms with Gasteiger partial charge in [-0.2, -0.15) is 0 Å². The monoisotopic (exact) mass is 299 g/mol. The third kappa shape index (κ3) is 2.74. The molecule has 2 aromatic heterocycles. The van der Waals surface area contributed by atoms with Gasteiger partial charge in [0.1, 0.15) is 5.01 Å². The molecule has 2 aromatic rings. The fourth-order valence-electron chi connectivity index (χ4n) is 3.11. The number of hydrogen-bond acceptors (Lipinski definition) is 4. The van der Waals surface area contributed by atoms with Crippen LogP contribution in [0.2, 0.25) is 0 Å². The van der Waals surface area contributed by atoms with Crippen LogP contribution in [0.5, 0.6) is 0 Å². The average molecular weight is 299 g/mol. The van der Waals surface area contributed by atoms with Gasteiger partial charge < -0.3 is 5.32 Å². The Kier molecular flexibility index (Phi) is 3.51. The summed E-state index contributed by atoms with van der Waals surface area (Å²) < 4.78 is 0. The molecule has 110 valence electrons. The number of fused-ring (bicyclic) bond motifs is 1. The van der Waals surface area contributed by atoms with Crippen molar-refractivity contribution < 1.29 is 0 Å². The zero-order valence-electron chi connectivity index (χ0n) is 12.4. The van der Waals surface area contributed by atoms with E-state index in [1.54, 1.807) is 0 Å². The second-order valence-electron chi connectivity index (χ2n) is 6.29. The average Bonchev–Trinajstić information content (AvgIpc) is 3.22. The van der Waals surface area contributed by atoms with E-state index in [1.807, 2.05) is 23.7 Å². The van der Waals surface area contributed by atoms with E-state index in [-0.39, 0.29) is 0 Å². The topological polar surface area (TPSA) is 37.8 Å². The summed E-state index contributed by atoms with van der Waals surface area (Å²) in [6.07, 6.45) is 10.3. The van der Waals surface area contributed by atoms with Crippen LogP contribution in [0, 0.1) is 6.92 Å². The lowest BCUT2D eigenvalue weighted by molar-refractivity contribution is 0.500. The van der Waals surface area contributed by atoms with E-state index in [0.717, 1.165) is 17.6 Å². The molecule has 1 N–H and O–H groups in total. The summed E-state index contributed by atoms with van der Waals surface area (Å²) in [6.45, 7) is 3.25. The highest BCUT2D eigenvalue weighted by atomic mass is 32.1. The summed E-state index contributed by atoms with van der Waals surface area (Å²) in [5, 5.41) is 4.84. The van der Waals surface area contributed by atoms with Gasteiger partial charge in [-0.3, -0.25) is 4.98 Å². The van der Waals surface area contributed by atoms with Crippen molar-refractivity contribution in [3.8, 4) is 10.6 Å². The molecular formula is C17H21N3S. The number of rotatable bonds is 4. The number of hydrogen-bond donors (Lipinski definition) is 1. The Hall–Kier alpha value is -1.26. The molecule has 4 rings (SSSR count). The molecule has 2 aliphatic rings. The Balaban J connectivity index is 1.62. The van der Waals surface area contributed by atoms with Gasteiger partial charge in [-0.1, -0.05) is 0 Å². The molecule has 0 aromatic carbocycles. The van der Waals surface area contributed by atoms with Crippen LogP contribution in [0.4, 0.5) is 0 Å². The summed E-state index contributed by atoms with van der Waals surface area (Å²) in [7, 11) is 0. The number of aryl methyl sites for hydroxylation is 2. The van der Waals surface area contributed by atoms with Crippen molar-refractivity contribution in [2.24, 2.45) is 0 Å². The molecule has 3 nitrogen and oxygen atoms in total. The van der Waals surface area contributed by atoms with E-state index >= 15 is 0 Å². The molecule has 2 heterocycles. The van der Waals surface area contributed by atoms with Crippen LogP contribution in [-0.4, -0.2) is 22.6 Å². The van der Waals surface area contributed by atoms with Crippen molar-refractivity contribution in [1.82, 2.24) is 15.3 Å². The molecule has 0 aliphatic heterocycles. The van der Waals surface area contributed by atoms with Crippen LogP contribution in [0.1, 0.15) is 47.7 Å². The summed E-state index contributed by atoms with van der Waals surface area (Å²) in [4.78, 5) is 10.8. The first-order chi connectivity index (χ1) is 10.3. The summed E-state index contributed by atoms with van der Waals surface area (Å²) in [5.74, 6) is 0.608. The van der Waals surface area contributed by atoms with Gasteiger partial charge in [-0.05, 0) is 50.7 Å². The third-order valence-electron chi connectivity index (χ3n) is 4.57. The van der Waals surface area contributed by atoms with Crippen molar-refractivity contribution in [2.75, 3.05) is 6.54 Å². The van der Waals surface area contributed by atoms with Gasteiger partial charge >= 0.3 is 0 Å². The summed E-state index contributed by atoms with van der Waals surface area (Å²) in [5.41, 5.74) is 3.83. The maximum atomic E-state index is 5.00. The number of nitrogens with one attached hydrogen (secondary N) is 1. The van der Waals surface area contributed by atoms with E-state index in [2.05, 4.69) is 23.3 Å². The highest BCUT2D eigenvalue weighted by Gasteiger charge is 2.28. The van der Waals surface area contributed by atoms with Gasteiger partial charge in [0, 0.05) is 41.3 Å². The van der Waals surface area contributed by atoms with Crippen molar-refractivity contribution in [2.45, 2.75) is 51.0 Å². The molecule has 0 spiro atoms. The fourth-order valence-corrected chi connectivity index (χ4v) is 4.37. The second kappa shape index (κ2) is 5.50. The van der Waals surface area contributed by atoms with Gasteiger partial charge in [0.25, 0.3) is 0 Å². The summed E-state index contributed by atoms with van der Waals surface area (Å²) >= 11 is 1.88. The number of nitrogens with zero attached hydrogens (tertiary/aromatic N) is 2. The van der Waals surface area contributed by atoms with E-state index in [0.29, 0.717) is 5.92 Å². The van der Waals surface area contributed by atoms with Crippen LogP contribution in [0.15, 0.2) is 18.5 Å². The Bertz CT molecular complexity index is 645. The van der Waals surface area contributed by atoms with E-state index in [9.17, 15) is 0 Å². The molecule has 21 heavy (non-hydrogen) atoms. The minimum Gasteiger partial charge on any atom is -0.313 e. The highest BCUT2D eigenvalue weighted by molar-refractivity contribution is 7.15. The van der Waals surface area contributed by atoms with Crippen molar-refractivity contribution in [1.29, 1.82) is 0 Å². The molecule has 0 bridgehead atoms. The number of thiazole rings is 1. The van der Waals surface area contributed by atoms with Crippen LogP contribution < -0.4 is 5.32 Å². The van der Waals surface area contributed by atoms with Crippen LogP contribution in [0.3, 0.4) is 0 Å². The Morgan fingerprint density at radius 2 is 2.24 bits per heavy atom. The quantitative estimate of drug-likeness (QED) is 0.935. The zero-order valence-corrected chi connectivity index (χ0v) is 13.2. The standard InChI is InChI=1S/C17H21N3S/c1-11-7-8-18-10-14(11)17-20-16-12(9-19-13-5-6-13)3-2-4-15(16)21-17/h7-8,10,12-13,19H,2-6,9H2,1H3. The lowest BCUT2D eigenvalue weighted by atomic mass is 9.91. The molecule has 1 fully saturated rings. The maximum absolute atomic E-state index is 5.00. The van der Waals surface area contributed by atoms with Crippen LogP contribution >= 0.6 is 11.3 Å². The van der Waals surface area contributed by atoms with Gasteiger partial charge in [0.2, 0.25) is 0 Å². The van der Waals surface area contributed by atoms with Crippen LogP contribution in [0.25, 0.3) is 10.6 Å². The Morgan fingerprint density at radius 1 is 1.33 bits per heavy atom. The predicted molar refractivity (Wildman–Crippen MR) is 86.8 cm³/mol. The normalized spacial score (nSPS) is 21.3. The van der Waals surface area contributed by atoms with Crippen LogP contribution in [-0.2, 0) is 6.42 Å². The first-order valence-corrected chi connectivity index (χ1v) is 8.77. The minimum atomic E-state index is 0.608. The van der Waals surface area contributed by atoms with E-state index in [4.69, 9.17) is 4.98 Å². The van der Waals surface area contributed by atoms with Gasteiger partial charge in [-0.25, -0.2) is 4.98 Å². The van der Waals surface area contributed by atoms with E-state index in [1.165, 1.54) is 53.8 Å². The first kappa shape index (κ1) is 13.4. The third-order valence-corrected chi connectivity index (χ3v) is 5.73. The number of pyridine rings is 1. The Labute approximate surface area is 129 Å². The largest absolute Gasteiger partial charge is 0.313 e. The van der Waals surface area contributed by atoms with Gasteiger partial charge in [0.15, 0.2) is 0 Å². The van der Waals surface area contributed by atoms with Gasteiger partial charge in [-0.15, -0.1) is 11.3 Å². The van der Waals surface area contributed by atoms with Crippen molar-refractivity contribution in [3.63, 3.8) is 0 Å². The van der Waals surface area contributed by atoms with Crippen molar-refractivity contribution in [3.05, 3.63) is 34.6 Å². The van der Waals surface area contributed by atoms with E-state index < -0.39 is 0 Å². The lowest BCUT2D eigenvalue weighted by Crippen LogP contribution is -2.25. The second-order valence-corrected chi connectivity index (χ2v) is 7.37. The molecule has 1 saturated carbocycles. The molecule has 1 unspecified atom stereocenters. The molecule has 1 atom stereocenters. The SMILES string of the molecule is Cc1ccncc1-c1nc2c(s1)CCCC2CNC1CC1. The molecule has 0 amide bonds. The molecular weight excluding hydrogens is 278 g/mol. The minimum absolute atomic E-state index is 0.608. The zero-order chi connectivity index (χ0) is 14.2. The first-order valence-electron chi connectivity index (χ1n) is 7.95. The molecule has 0 radical (unpaired) electrons. The van der Waals surface area contributed by atoms with Crippen molar-refractivity contribution >= 4 is 11.3 Å². The molecule has 4 heteroatoms.